The molecule has 90 valence electrons. The van der Waals surface area contributed by atoms with Gasteiger partial charge >= 0.3 is 9.24 Å². The molecule has 0 saturated heterocycles. The maximum absolute atomic E-state index is 10.7. The topological polar surface area (TPSA) is 70.9 Å². The summed E-state index contributed by atoms with van der Waals surface area (Å²) in [7, 11) is 1.10. The minimum atomic E-state index is -3.90. The molecule has 0 fully saturated rings. The van der Waals surface area contributed by atoms with Crippen molar-refractivity contribution in [2.75, 3.05) is 5.75 Å². The van der Waals surface area contributed by atoms with E-state index in [9.17, 15) is 8.42 Å². The summed E-state index contributed by atoms with van der Waals surface area (Å²) >= 11 is 1.24. The predicted octanol–water partition coefficient (Wildman–Crippen LogP) is 1.57. The van der Waals surface area contributed by atoms with Crippen LogP contribution < -0.4 is 5.43 Å². The molecule has 5 nitrogen and oxygen atoms in total. The Morgan fingerprint density at radius 1 is 1.35 bits per heavy atom. The molecule has 0 spiro atoms. The SMILES string of the molecule is O=S(=O)(Cl)/N=C1/NN=C(c2ccccc2)CS1. The number of nitrogens with zero attached hydrogens (tertiary/aromatic N) is 2. The van der Waals surface area contributed by atoms with Gasteiger partial charge in [0, 0.05) is 16.4 Å². The molecular formula is C9H8ClN3O2S2. The molecule has 1 aliphatic heterocycles. The van der Waals surface area contributed by atoms with Crippen LogP contribution in [-0.4, -0.2) is 25.0 Å². The molecule has 1 N–H and O–H groups in total. The number of hydrogen-bond donors (Lipinski definition) is 1. The summed E-state index contributed by atoms with van der Waals surface area (Å²) in [4.78, 5) is 0. The van der Waals surface area contributed by atoms with Gasteiger partial charge in [-0.15, -0.1) is 4.40 Å². The van der Waals surface area contributed by atoms with E-state index in [4.69, 9.17) is 10.7 Å². The Bertz CT molecular complexity index is 569. The number of nitrogens with one attached hydrogen (secondary N) is 1. The van der Waals surface area contributed by atoms with Crippen molar-refractivity contribution < 1.29 is 8.42 Å². The minimum Gasteiger partial charge on any atom is -0.255 e. The summed E-state index contributed by atoms with van der Waals surface area (Å²) < 4.78 is 24.7. The Morgan fingerprint density at radius 3 is 2.59 bits per heavy atom. The van der Waals surface area contributed by atoms with Crippen molar-refractivity contribution in [1.29, 1.82) is 0 Å². The third kappa shape index (κ3) is 3.72. The third-order valence-electron chi connectivity index (χ3n) is 1.93. The number of hydrazone groups is 1. The van der Waals surface area contributed by atoms with E-state index >= 15 is 0 Å². The summed E-state index contributed by atoms with van der Waals surface area (Å²) in [5.41, 5.74) is 4.38. The number of rotatable bonds is 2. The van der Waals surface area contributed by atoms with Gasteiger partial charge in [-0.2, -0.15) is 13.5 Å². The van der Waals surface area contributed by atoms with E-state index in [1.807, 2.05) is 30.3 Å². The lowest BCUT2D eigenvalue weighted by Crippen LogP contribution is -2.25. The molecule has 0 unspecified atom stereocenters. The maximum atomic E-state index is 10.7. The molecule has 0 aliphatic carbocycles. The number of thioether (sulfide) groups is 1. The fraction of sp³-hybridized carbons (Fsp3) is 0.111. The minimum absolute atomic E-state index is 0.180. The second kappa shape index (κ2) is 5.07. The van der Waals surface area contributed by atoms with Crippen LogP contribution in [0, 0.1) is 0 Å². The molecule has 0 radical (unpaired) electrons. The average molecular weight is 290 g/mol. The van der Waals surface area contributed by atoms with Crippen molar-refractivity contribution in [3.63, 3.8) is 0 Å². The van der Waals surface area contributed by atoms with E-state index < -0.39 is 9.24 Å². The van der Waals surface area contributed by atoms with E-state index in [1.165, 1.54) is 11.8 Å². The highest BCUT2D eigenvalue weighted by atomic mass is 35.7. The lowest BCUT2D eigenvalue weighted by atomic mass is 10.1. The van der Waals surface area contributed by atoms with Gasteiger partial charge in [0.1, 0.15) is 0 Å². The Kier molecular flexibility index (Phi) is 3.70. The summed E-state index contributed by atoms with van der Waals surface area (Å²) in [6.07, 6.45) is 0. The zero-order valence-electron chi connectivity index (χ0n) is 8.50. The van der Waals surface area contributed by atoms with Gasteiger partial charge in [0.15, 0.2) is 5.17 Å². The first kappa shape index (κ1) is 12.4. The summed E-state index contributed by atoms with van der Waals surface area (Å²) in [5, 5.41) is 4.24. The Hall–Kier alpha value is -1.05. The van der Waals surface area contributed by atoms with Crippen LogP contribution in [0.5, 0.6) is 0 Å². The highest BCUT2D eigenvalue weighted by molar-refractivity contribution is 8.17. The van der Waals surface area contributed by atoms with Crippen LogP contribution in [0.3, 0.4) is 0 Å². The molecule has 0 saturated carbocycles. The largest absolute Gasteiger partial charge is 0.342 e. The first-order chi connectivity index (χ1) is 8.04. The molecule has 1 aromatic rings. The molecule has 17 heavy (non-hydrogen) atoms. The van der Waals surface area contributed by atoms with Crippen molar-refractivity contribution in [3.8, 4) is 0 Å². The zero-order chi connectivity index (χ0) is 12.3. The second-order valence-corrected chi connectivity index (χ2v) is 6.27. The first-order valence-corrected chi connectivity index (χ1v) is 7.85. The molecule has 1 heterocycles. The molecule has 0 bridgehead atoms. The quantitative estimate of drug-likeness (QED) is 0.839. The number of benzene rings is 1. The Balaban J connectivity index is 2.16. The highest BCUT2D eigenvalue weighted by Gasteiger charge is 2.14. The van der Waals surface area contributed by atoms with E-state index in [2.05, 4.69) is 14.9 Å². The molecular weight excluding hydrogens is 282 g/mol. The standard InChI is InChI=1S/C9H8ClN3O2S2/c10-17(14,15)13-9-12-11-8(6-16-9)7-4-2-1-3-5-7/h1-5H,6H2,(H,12,13). The van der Waals surface area contributed by atoms with Crippen LogP contribution in [0.2, 0.25) is 0 Å². The smallest absolute Gasteiger partial charge is 0.255 e. The van der Waals surface area contributed by atoms with Gasteiger partial charge in [0.05, 0.1) is 5.71 Å². The van der Waals surface area contributed by atoms with Crippen molar-refractivity contribution in [2.24, 2.45) is 9.50 Å². The molecule has 0 aromatic heterocycles. The predicted molar refractivity (Wildman–Crippen MR) is 70.8 cm³/mol. The summed E-state index contributed by atoms with van der Waals surface area (Å²) in [5.74, 6) is 0.544. The zero-order valence-corrected chi connectivity index (χ0v) is 10.9. The lowest BCUT2D eigenvalue weighted by Gasteiger charge is -2.13. The van der Waals surface area contributed by atoms with Gasteiger partial charge < -0.3 is 0 Å². The van der Waals surface area contributed by atoms with Gasteiger partial charge in [-0.1, -0.05) is 42.1 Å². The number of hydrogen-bond acceptors (Lipinski definition) is 4. The second-order valence-electron chi connectivity index (χ2n) is 3.13. The van der Waals surface area contributed by atoms with Gasteiger partial charge in [-0.05, 0) is 5.56 Å². The Labute approximate surface area is 108 Å². The summed E-state index contributed by atoms with van der Waals surface area (Å²) in [6, 6.07) is 9.61. The van der Waals surface area contributed by atoms with E-state index in [0.717, 1.165) is 11.3 Å². The number of halogens is 1. The molecule has 1 aliphatic rings. The van der Waals surface area contributed by atoms with Crippen LogP contribution >= 0.6 is 22.4 Å². The monoisotopic (exact) mass is 289 g/mol. The normalized spacial score (nSPS) is 18.6. The van der Waals surface area contributed by atoms with Gasteiger partial charge in [0.2, 0.25) is 0 Å². The third-order valence-corrected chi connectivity index (χ3v) is 3.53. The average Bonchev–Trinajstić information content (AvgIpc) is 2.29. The van der Waals surface area contributed by atoms with Crippen LogP contribution in [0.15, 0.2) is 39.8 Å². The number of amidine groups is 1. The van der Waals surface area contributed by atoms with Gasteiger partial charge in [-0.3, -0.25) is 5.43 Å². The van der Waals surface area contributed by atoms with E-state index in [-0.39, 0.29) is 5.17 Å². The maximum Gasteiger partial charge on any atom is 0.342 e. The molecule has 1 aromatic carbocycles. The van der Waals surface area contributed by atoms with Crippen molar-refractivity contribution in [1.82, 2.24) is 5.43 Å². The summed E-state index contributed by atoms with van der Waals surface area (Å²) in [6.45, 7) is 0. The lowest BCUT2D eigenvalue weighted by molar-refractivity contribution is 0.611. The van der Waals surface area contributed by atoms with Crippen molar-refractivity contribution >= 4 is 42.6 Å². The van der Waals surface area contributed by atoms with Gasteiger partial charge in [0.25, 0.3) is 0 Å². The van der Waals surface area contributed by atoms with Crippen molar-refractivity contribution in [2.45, 2.75) is 0 Å². The molecule has 8 heteroatoms. The highest BCUT2D eigenvalue weighted by Crippen LogP contribution is 2.15. The molecule has 0 amide bonds. The first-order valence-electron chi connectivity index (χ1n) is 4.60. The van der Waals surface area contributed by atoms with Gasteiger partial charge in [-0.25, -0.2) is 0 Å². The van der Waals surface area contributed by atoms with E-state index in [0.29, 0.717) is 5.75 Å². The molecule has 0 atom stereocenters. The van der Waals surface area contributed by atoms with Crippen LogP contribution in [-0.2, 0) is 9.24 Å². The van der Waals surface area contributed by atoms with E-state index in [1.54, 1.807) is 0 Å². The molecule has 2 rings (SSSR count). The van der Waals surface area contributed by atoms with Crippen LogP contribution in [0.4, 0.5) is 0 Å². The van der Waals surface area contributed by atoms with Crippen LogP contribution in [0.1, 0.15) is 5.56 Å². The fourth-order valence-electron chi connectivity index (χ4n) is 1.24. The van der Waals surface area contributed by atoms with Crippen molar-refractivity contribution in [3.05, 3.63) is 35.9 Å². The fourth-order valence-corrected chi connectivity index (χ4v) is 2.93. The van der Waals surface area contributed by atoms with Crippen LogP contribution in [0.25, 0.3) is 0 Å². The Morgan fingerprint density at radius 2 is 2.06 bits per heavy atom.